The molecule has 0 aliphatic rings. The molecule has 3 rings (SSSR count). The molecule has 0 saturated carbocycles. The standard InChI is InChI=1S/C22H22ClN3O5S/c1-30-11-5-10-26-20(28)15-9-8-14(23)12-18(15)25-22(26)32-13-19(27)24-17-7-4-3-6-16(17)21(29)31-2/h3-4,6-9,12H,5,10-11,13H2,1-2H3,(H,24,27). The molecule has 0 bridgehead atoms. The maximum absolute atomic E-state index is 13.0. The summed E-state index contributed by atoms with van der Waals surface area (Å²) in [6, 6.07) is 11.5. The highest BCUT2D eigenvalue weighted by Crippen LogP contribution is 2.22. The summed E-state index contributed by atoms with van der Waals surface area (Å²) in [6.07, 6.45) is 0.615. The lowest BCUT2D eigenvalue weighted by Gasteiger charge is -2.13. The van der Waals surface area contributed by atoms with Crippen LogP contribution in [0.5, 0.6) is 0 Å². The number of hydrogen-bond donors (Lipinski definition) is 1. The predicted molar refractivity (Wildman–Crippen MR) is 125 cm³/mol. The monoisotopic (exact) mass is 475 g/mol. The highest BCUT2D eigenvalue weighted by Gasteiger charge is 2.16. The summed E-state index contributed by atoms with van der Waals surface area (Å²) in [5.41, 5.74) is 0.857. The summed E-state index contributed by atoms with van der Waals surface area (Å²) < 4.78 is 11.4. The smallest absolute Gasteiger partial charge is 0.339 e. The van der Waals surface area contributed by atoms with Gasteiger partial charge in [-0.05, 0) is 36.8 Å². The van der Waals surface area contributed by atoms with Crippen LogP contribution in [-0.4, -0.2) is 48.0 Å². The van der Waals surface area contributed by atoms with Crippen molar-refractivity contribution in [2.45, 2.75) is 18.1 Å². The van der Waals surface area contributed by atoms with E-state index in [4.69, 9.17) is 21.1 Å². The Morgan fingerprint density at radius 1 is 1.19 bits per heavy atom. The van der Waals surface area contributed by atoms with Crippen molar-refractivity contribution in [1.82, 2.24) is 9.55 Å². The molecule has 0 aliphatic carbocycles. The van der Waals surface area contributed by atoms with E-state index in [2.05, 4.69) is 10.3 Å². The fourth-order valence-electron chi connectivity index (χ4n) is 3.04. The van der Waals surface area contributed by atoms with Crippen LogP contribution in [0, 0.1) is 0 Å². The zero-order chi connectivity index (χ0) is 23.1. The van der Waals surface area contributed by atoms with Gasteiger partial charge in [-0.2, -0.15) is 0 Å². The van der Waals surface area contributed by atoms with Gasteiger partial charge in [-0.3, -0.25) is 14.2 Å². The van der Waals surface area contributed by atoms with Gasteiger partial charge < -0.3 is 14.8 Å². The molecule has 1 heterocycles. The normalized spacial score (nSPS) is 10.8. The van der Waals surface area contributed by atoms with E-state index in [0.717, 1.165) is 11.8 Å². The number of aromatic nitrogens is 2. The molecule has 1 amide bonds. The first-order valence-electron chi connectivity index (χ1n) is 9.73. The molecule has 10 heteroatoms. The van der Waals surface area contributed by atoms with Crippen LogP contribution in [-0.2, 0) is 20.8 Å². The number of anilines is 1. The molecule has 1 N–H and O–H groups in total. The van der Waals surface area contributed by atoms with Gasteiger partial charge in [-0.25, -0.2) is 9.78 Å². The van der Waals surface area contributed by atoms with E-state index in [-0.39, 0.29) is 22.8 Å². The highest BCUT2D eigenvalue weighted by molar-refractivity contribution is 7.99. The molecule has 0 atom stereocenters. The summed E-state index contributed by atoms with van der Waals surface area (Å²) in [6.45, 7) is 0.882. The van der Waals surface area contributed by atoms with Crippen molar-refractivity contribution in [3.63, 3.8) is 0 Å². The Hall–Kier alpha value is -2.88. The lowest BCUT2D eigenvalue weighted by molar-refractivity contribution is -0.113. The van der Waals surface area contributed by atoms with Crippen molar-refractivity contribution in [3.05, 3.63) is 63.4 Å². The summed E-state index contributed by atoms with van der Waals surface area (Å²) in [5, 5.41) is 4.03. The number of nitrogens with zero attached hydrogens (tertiary/aromatic N) is 2. The second-order valence-corrected chi connectivity index (χ2v) is 8.11. The SMILES string of the molecule is COCCCn1c(SCC(=O)Nc2ccccc2C(=O)OC)nc2cc(Cl)ccc2c1=O. The fraction of sp³-hybridized carbons (Fsp3) is 0.273. The number of carbonyl (C=O) groups is 2. The fourth-order valence-corrected chi connectivity index (χ4v) is 4.04. The number of amides is 1. The van der Waals surface area contributed by atoms with Gasteiger partial charge in [-0.15, -0.1) is 0 Å². The van der Waals surface area contributed by atoms with Gasteiger partial charge in [0.1, 0.15) is 0 Å². The zero-order valence-electron chi connectivity index (χ0n) is 17.6. The molecular weight excluding hydrogens is 454 g/mol. The van der Waals surface area contributed by atoms with Crippen molar-refractivity contribution in [2.24, 2.45) is 0 Å². The molecule has 0 fully saturated rings. The molecular formula is C22H22ClN3O5S. The number of ether oxygens (including phenoxy) is 2. The molecule has 2 aromatic carbocycles. The Kier molecular flexibility index (Phi) is 8.26. The molecule has 1 aromatic heterocycles. The number of carbonyl (C=O) groups excluding carboxylic acids is 2. The van der Waals surface area contributed by atoms with Gasteiger partial charge >= 0.3 is 5.97 Å². The highest BCUT2D eigenvalue weighted by atomic mass is 35.5. The van der Waals surface area contributed by atoms with Crippen molar-refractivity contribution < 1.29 is 19.1 Å². The second-order valence-electron chi connectivity index (χ2n) is 6.73. The van der Waals surface area contributed by atoms with E-state index >= 15 is 0 Å². The van der Waals surface area contributed by atoms with Gasteiger partial charge in [-0.1, -0.05) is 35.5 Å². The minimum atomic E-state index is -0.548. The van der Waals surface area contributed by atoms with Crippen molar-refractivity contribution in [3.8, 4) is 0 Å². The molecule has 0 unspecified atom stereocenters. The average Bonchev–Trinajstić information content (AvgIpc) is 2.79. The third-order valence-electron chi connectivity index (χ3n) is 4.55. The van der Waals surface area contributed by atoms with E-state index in [9.17, 15) is 14.4 Å². The first-order chi connectivity index (χ1) is 15.4. The van der Waals surface area contributed by atoms with E-state index in [1.165, 1.54) is 11.7 Å². The van der Waals surface area contributed by atoms with Crippen LogP contribution < -0.4 is 10.9 Å². The van der Waals surface area contributed by atoms with Crippen LogP contribution in [0.15, 0.2) is 52.4 Å². The van der Waals surface area contributed by atoms with E-state index in [1.807, 2.05) is 0 Å². The number of benzene rings is 2. The molecule has 0 spiro atoms. The van der Waals surface area contributed by atoms with Crippen molar-refractivity contribution in [1.29, 1.82) is 0 Å². The van der Waals surface area contributed by atoms with Gasteiger partial charge in [0.05, 0.1) is 35.0 Å². The lowest BCUT2D eigenvalue weighted by atomic mass is 10.2. The number of thioether (sulfide) groups is 1. The Morgan fingerprint density at radius 2 is 1.97 bits per heavy atom. The quantitative estimate of drug-likeness (QED) is 0.218. The third-order valence-corrected chi connectivity index (χ3v) is 5.76. The van der Waals surface area contributed by atoms with Gasteiger partial charge in [0.2, 0.25) is 5.91 Å². The summed E-state index contributed by atoms with van der Waals surface area (Å²) in [5.74, 6) is -0.915. The molecule has 0 aliphatic heterocycles. The van der Waals surface area contributed by atoms with Crippen LogP contribution in [0.2, 0.25) is 5.02 Å². The van der Waals surface area contributed by atoms with Crippen molar-refractivity contribution in [2.75, 3.05) is 31.9 Å². The number of hydrogen-bond acceptors (Lipinski definition) is 7. The van der Waals surface area contributed by atoms with Crippen LogP contribution in [0.1, 0.15) is 16.8 Å². The molecule has 8 nitrogen and oxygen atoms in total. The summed E-state index contributed by atoms with van der Waals surface area (Å²) in [4.78, 5) is 42.1. The maximum atomic E-state index is 13.0. The van der Waals surface area contributed by atoms with Crippen LogP contribution in [0.4, 0.5) is 5.69 Å². The van der Waals surface area contributed by atoms with Crippen LogP contribution in [0.25, 0.3) is 10.9 Å². The number of halogens is 1. The van der Waals surface area contributed by atoms with E-state index in [0.29, 0.717) is 46.3 Å². The van der Waals surface area contributed by atoms with Gasteiger partial charge in [0.15, 0.2) is 5.16 Å². The zero-order valence-corrected chi connectivity index (χ0v) is 19.2. The van der Waals surface area contributed by atoms with E-state index < -0.39 is 5.97 Å². The summed E-state index contributed by atoms with van der Waals surface area (Å²) in [7, 11) is 2.87. The Balaban J connectivity index is 1.83. The molecule has 0 radical (unpaired) electrons. The van der Waals surface area contributed by atoms with Gasteiger partial charge in [0, 0.05) is 25.3 Å². The third kappa shape index (κ3) is 5.67. The predicted octanol–water partition coefficient (Wildman–Crippen LogP) is 3.60. The lowest BCUT2D eigenvalue weighted by Crippen LogP contribution is -2.25. The number of para-hydroxylation sites is 1. The molecule has 32 heavy (non-hydrogen) atoms. The minimum Gasteiger partial charge on any atom is -0.465 e. The maximum Gasteiger partial charge on any atom is 0.339 e. The number of rotatable bonds is 9. The number of nitrogens with one attached hydrogen (secondary N) is 1. The van der Waals surface area contributed by atoms with Crippen molar-refractivity contribution >= 4 is 51.8 Å². The minimum absolute atomic E-state index is 0.0156. The van der Waals surface area contributed by atoms with Gasteiger partial charge in [0.25, 0.3) is 5.56 Å². The van der Waals surface area contributed by atoms with Crippen LogP contribution in [0.3, 0.4) is 0 Å². The Labute approximate surface area is 193 Å². The topological polar surface area (TPSA) is 99.5 Å². The number of esters is 1. The van der Waals surface area contributed by atoms with Crippen LogP contribution >= 0.6 is 23.4 Å². The largest absolute Gasteiger partial charge is 0.465 e. The van der Waals surface area contributed by atoms with E-state index in [1.54, 1.807) is 49.6 Å². The second kappa shape index (κ2) is 11.1. The number of methoxy groups -OCH3 is 2. The molecule has 168 valence electrons. The number of fused-ring (bicyclic) bond motifs is 1. The average molecular weight is 476 g/mol. The first-order valence-corrected chi connectivity index (χ1v) is 11.1. The molecule has 0 saturated heterocycles. The molecule has 3 aromatic rings. The first kappa shape index (κ1) is 23.8. The Morgan fingerprint density at radius 3 is 2.72 bits per heavy atom. The summed E-state index contributed by atoms with van der Waals surface area (Å²) >= 11 is 7.19. The Bertz CT molecular complexity index is 1200.